The maximum absolute atomic E-state index is 13.8. The second-order valence-corrected chi connectivity index (χ2v) is 9.93. The predicted octanol–water partition coefficient (Wildman–Crippen LogP) is 5.15. The van der Waals surface area contributed by atoms with Crippen molar-refractivity contribution < 1.29 is 41.4 Å². The summed E-state index contributed by atoms with van der Waals surface area (Å²) in [7, 11) is 0. The Balaban J connectivity index is 1.41. The number of nitrogens with zero attached hydrogens (tertiary/aromatic N) is 1. The number of amides is 1. The van der Waals surface area contributed by atoms with Crippen LogP contribution in [0.1, 0.15) is 31.7 Å². The molecule has 0 unspecified atom stereocenters. The van der Waals surface area contributed by atoms with Crippen LogP contribution in [-0.2, 0) is 20.7 Å². The number of ether oxygens (including phenoxy) is 3. The fraction of sp³-hybridized carbons (Fsp3) is 0.462. The molecule has 12 heteroatoms. The summed E-state index contributed by atoms with van der Waals surface area (Å²) in [6.07, 6.45) is -3.63. The summed E-state index contributed by atoms with van der Waals surface area (Å²) >= 11 is 6.07. The van der Waals surface area contributed by atoms with Gasteiger partial charge in [0.05, 0.1) is 5.69 Å². The average molecular weight is 559 g/mol. The van der Waals surface area contributed by atoms with E-state index in [9.17, 15) is 27.2 Å². The van der Waals surface area contributed by atoms with Crippen molar-refractivity contribution in [3.63, 3.8) is 0 Å². The van der Waals surface area contributed by atoms with Crippen LogP contribution in [0.2, 0.25) is 5.02 Å². The normalized spacial score (nSPS) is 17.7. The molecule has 1 N–H and O–H groups in total. The van der Waals surface area contributed by atoms with Gasteiger partial charge in [0.2, 0.25) is 5.91 Å². The van der Waals surface area contributed by atoms with E-state index in [1.807, 2.05) is 17.0 Å². The zero-order chi connectivity index (χ0) is 27.5. The van der Waals surface area contributed by atoms with Gasteiger partial charge in [-0.2, -0.15) is 13.2 Å². The van der Waals surface area contributed by atoms with Crippen molar-refractivity contribution in [1.29, 1.82) is 0 Å². The third-order valence-corrected chi connectivity index (χ3v) is 6.85. The largest absolute Gasteiger partial charge is 0.490 e. The Bertz CT molecular complexity index is 1180. The highest BCUT2D eigenvalue weighted by molar-refractivity contribution is 6.30. The van der Waals surface area contributed by atoms with Crippen LogP contribution in [0, 0.1) is 5.82 Å². The lowest BCUT2D eigenvalue weighted by atomic mass is 9.83. The fourth-order valence-electron chi connectivity index (χ4n) is 4.71. The molecule has 2 aromatic rings. The molecule has 0 bridgehead atoms. The van der Waals surface area contributed by atoms with E-state index in [4.69, 9.17) is 25.8 Å². The molecule has 0 radical (unpaired) electrons. The number of fused-ring (bicyclic) bond motifs is 1. The van der Waals surface area contributed by atoms with Gasteiger partial charge in [0.1, 0.15) is 35.6 Å². The first-order valence-electron chi connectivity index (χ1n) is 12.1. The van der Waals surface area contributed by atoms with E-state index >= 15 is 0 Å². The number of esters is 1. The summed E-state index contributed by atoms with van der Waals surface area (Å²) in [6, 6.07) is 8.85. The summed E-state index contributed by atoms with van der Waals surface area (Å²) < 4.78 is 69.2. The second kappa shape index (κ2) is 11.4. The summed E-state index contributed by atoms with van der Waals surface area (Å²) in [5.41, 5.74) is 0.786. The van der Waals surface area contributed by atoms with E-state index in [0.29, 0.717) is 31.0 Å². The van der Waals surface area contributed by atoms with E-state index in [-0.39, 0.29) is 23.6 Å². The number of anilines is 1. The smallest absolute Gasteiger partial charge is 0.487 e. The van der Waals surface area contributed by atoms with Crippen molar-refractivity contribution in [2.24, 2.45) is 0 Å². The van der Waals surface area contributed by atoms with Crippen molar-refractivity contribution in [3.8, 4) is 11.5 Å². The standard InChI is InChI=1S/C26H27ClF4N2O5/c1-16(34)32-21-4-3-19(28)13-23(21)36-15-20(37-24(35)26(29,30)31)14-33-10-8-25(9-11-33)7-6-17-12-18(27)2-5-22(17)38-25/h2-5,12-13,20H,6-11,14-15H2,1H3,(H,32,34)/t20-/m0/s1. The SMILES string of the molecule is CC(=O)Nc1ccc(F)cc1OC[C@H](CN1CCC2(CCc3cc(Cl)ccc3O2)CC1)OC(=O)C(F)(F)F. The maximum Gasteiger partial charge on any atom is 0.490 e. The van der Waals surface area contributed by atoms with Gasteiger partial charge in [-0.15, -0.1) is 0 Å². The molecule has 0 saturated carbocycles. The molecule has 1 spiro atoms. The number of likely N-dealkylation sites (tertiary alicyclic amines) is 1. The van der Waals surface area contributed by atoms with E-state index in [0.717, 1.165) is 36.3 Å². The van der Waals surface area contributed by atoms with Gasteiger partial charge in [-0.25, -0.2) is 9.18 Å². The monoisotopic (exact) mass is 558 g/mol. The number of benzene rings is 2. The Kier molecular flexibility index (Phi) is 8.37. The van der Waals surface area contributed by atoms with Gasteiger partial charge >= 0.3 is 12.1 Å². The van der Waals surface area contributed by atoms with Crippen LogP contribution in [0.15, 0.2) is 36.4 Å². The number of nitrogens with one attached hydrogen (secondary N) is 1. The van der Waals surface area contributed by atoms with Crippen LogP contribution in [0.25, 0.3) is 0 Å². The molecule has 0 aliphatic carbocycles. The molecule has 1 saturated heterocycles. The third-order valence-electron chi connectivity index (χ3n) is 6.61. The number of alkyl halides is 3. The van der Waals surface area contributed by atoms with E-state index in [1.54, 1.807) is 6.07 Å². The Labute approximate surface area is 222 Å². The summed E-state index contributed by atoms with van der Waals surface area (Å²) in [5.74, 6) is -2.77. The average Bonchev–Trinajstić information content (AvgIpc) is 2.85. The number of carbonyl (C=O) groups excluding carboxylic acids is 2. The van der Waals surface area contributed by atoms with Gasteiger partial charge in [0.25, 0.3) is 0 Å². The van der Waals surface area contributed by atoms with Crippen LogP contribution in [0.4, 0.5) is 23.2 Å². The van der Waals surface area contributed by atoms with E-state index in [2.05, 4.69) is 5.32 Å². The molecule has 1 fully saturated rings. The quantitative estimate of drug-likeness (QED) is 0.374. The van der Waals surface area contributed by atoms with E-state index in [1.165, 1.54) is 13.0 Å². The molecule has 2 aliphatic heterocycles. The summed E-state index contributed by atoms with van der Waals surface area (Å²) in [5, 5.41) is 3.10. The molecule has 2 aromatic carbocycles. The Morgan fingerprint density at radius 1 is 1.16 bits per heavy atom. The Hall–Kier alpha value is -3.05. The lowest BCUT2D eigenvalue weighted by Crippen LogP contribution is -2.52. The molecular formula is C26H27ClF4N2O5. The van der Waals surface area contributed by atoms with Crippen LogP contribution >= 0.6 is 11.6 Å². The van der Waals surface area contributed by atoms with Crippen molar-refractivity contribution in [1.82, 2.24) is 4.90 Å². The molecule has 0 aromatic heterocycles. The minimum absolute atomic E-state index is 0.0329. The fourth-order valence-corrected chi connectivity index (χ4v) is 4.90. The van der Waals surface area contributed by atoms with Gasteiger partial charge in [-0.1, -0.05) is 11.6 Å². The van der Waals surface area contributed by atoms with Gasteiger partial charge in [-0.3, -0.25) is 9.69 Å². The molecule has 4 rings (SSSR count). The first kappa shape index (κ1) is 28.0. The lowest BCUT2D eigenvalue weighted by Gasteiger charge is -2.45. The number of carbonyl (C=O) groups is 2. The van der Waals surface area contributed by atoms with Gasteiger partial charge in [0, 0.05) is 37.6 Å². The first-order valence-corrected chi connectivity index (χ1v) is 12.5. The zero-order valence-electron chi connectivity index (χ0n) is 20.6. The molecule has 2 aliphatic rings. The number of hydrogen-bond acceptors (Lipinski definition) is 6. The summed E-state index contributed by atoms with van der Waals surface area (Å²) in [4.78, 5) is 24.9. The first-order chi connectivity index (χ1) is 17.9. The van der Waals surface area contributed by atoms with Crippen LogP contribution in [0.3, 0.4) is 0 Å². The van der Waals surface area contributed by atoms with Crippen molar-refractivity contribution in [2.45, 2.75) is 50.5 Å². The number of halogens is 5. The number of piperidine rings is 1. The van der Waals surface area contributed by atoms with Gasteiger partial charge in [0.15, 0.2) is 0 Å². The molecule has 1 amide bonds. The summed E-state index contributed by atoms with van der Waals surface area (Å²) in [6.45, 7) is 1.73. The molecular weight excluding hydrogens is 532 g/mol. The Morgan fingerprint density at radius 2 is 1.89 bits per heavy atom. The highest BCUT2D eigenvalue weighted by Gasteiger charge is 2.44. The van der Waals surface area contributed by atoms with Crippen LogP contribution in [0.5, 0.6) is 11.5 Å². The second-order valence-electron chi connectivity index (χ2n) is 9.50. The van der Waals surface area contributed by atoms with Crippen LogP contribution in [-0.4, -0.2) is 60.9 Å². The van der Waals surface area contributed by atoms with Crippen LogP contribution < -0.4 is 14.8 Å². The minimum Gasteiger partial charge on any atom is -0.487 e. The number of hydrogen-bond donors (Lipinski definition) is 1. The number of aryl methyl sites for hydroxylation is 1. The van der Waals surface area contributed by atoms with Gasteiger partial charge < -0.3 is 19.5 Å². The van der Waals surface area contributed by atoms with Crippen molar-refractivity contribution in [3.05, 3.63) is 52.8 Å². The number of rotatable bonds is 7. The topological polar surface area (TPSA) is 77.1 Å². The minimum atomic E-state index is -5.18. The van der Waals surface area contributed by atoms with Crippen molar-refractivity contribution >= 4 is 29.2 Å². The lowest BCUT2D eigenvalue weighted by molar-refractivity contribution is -0.207. The molecule has 2 heterocycles. The molecule has 38 heavy (non-hydrogen) atoms. The zero-order valence-corrected chi connectivity index (χ0v) is 21.3. The Morgan fingerprint density at radius 3 is 2.58 bits per heavy atom. The third kappa shape index (κ3) is 7.08. The maximum atomic E-state index is 13.8. The predicted molar refractivity (Wildman–Crippen MR) is 131 cm³/mol. The van der Waals surface area contributed by atoms with Gasteiger partial charge in [-0.05, 0) is 61.6 Å². The van der Waals surface area contributed by atoms with Crippen molar-refractivity contribution in [2.75, 3.05) is 31.6 Å². The highest BCUT2D eigenvalue weighted by Crippen LogP contribution is 2.40. The van der Waals surface area contributed by atoms with E-state index < -0.39 is 36.6 Å². The highest BCUT2D eigenvalue weighted by atomic mass is 35.5. The molecule has 206 valence electrons. The molecule has 7 nitrogen and oxygen atoms in total. The molecule has 1 atom stereocenters.